The molecule has 1 fully saturated rings. The molecule has 1 aromatic carbocycles. The summed E-state index contributed by atoms with van der Waals surface area (Å²) in [4.78, 5) is 23.3. The van der Waals surface area contributed by atoms with Crippen molar-refractivity contribution in [3.05, 3.63) is 71.7 Å². The summed E-state index contributed by atoms with van der Waals surface area (Å²) in [6.07, 6.45) is -0.0840. The number of hydrogen-bond acceptors (Lipinski definition) is 7. The van der Waals surface area contributed by atoms with E-state index in [1.807, 2.05) is 18.2 Å². The number of pyridine rings is 1. The Kier molecular flexibility index (Phi) is 7.38. The minimum atomic E-state index is -4.68. The Morgan fingerprint density at radius 3 is 2.74 bits per heavy atom. The molecule has 4 heterocycles. The van der Waals surface area contributed by atoms with E-state index >= 15 is 0 Å². The van der Waals surface area contributed by atoms with Crippen molar-refractivity contribution >= 4 is 17.2 Å². The number of nitrogens with one attached hydrogen (secondary N) is 1. The van der Waals surface area contributed by atoms with Crippen molar-refractivity contribution < 1.29 is 22.7 Å². The number of carbonyl (C=O) groups excluding carboxylic acids is 1. The average molecular weight is 540 g/mol. The van der Waals surface area contributed by atoms with Gasteiger partial charge in [0, 0.05) is 31.4 Å². The number of rotatable bonds is 7. The summed E-state index contributed by atoms with van der Waals surface area (Å²) in [6, 6.07) is 12.8. The third-order valence-electron chi connectivity index (χ3n) is 6.96. The van der Waals surface area contributed by atoms with Crippen LogP contribution in [-0.2, 0) is 6.18 Å². The van der Waals surface area contributed by atoms with Crippen LogP contribution in [0.5, 0.6) is 5.88 Å². The van der Waals surface area contributed by atoms with Gasteiger partial charge in [0.2, 0.25) is 5.88 Å². The fraction of sp³-hybridized carbons (Fsp3) is 0.333. The van der Waals surface area contributed by atoms with Crippen LogP contribution in [0.25, 0.3) is 16.8 Å². The molecule has 1 amide bonds. The normalized spacial score (nSPS) is 16.4. The number of piperidine rings is 1. The predicted octanol–water partition coefficient (Wildman–Crippen LogP) is 4.01. The summed E-state index contributed by atoms with van der Waals surface area (Å²) in [6.45, 7) is 2.92. The molecule has 12 heteroatoms. The third-order valence-corrected chi connectivity index (χ3v) is 6.96. The molecule has 39 heavy (non-hydrogen) atoms. The van der Waals surface area contributed by atoms with Gasteiger partial charge in [-0.2, -0.15) is 18.3 Å². The molecular formula is C27H28F3N7O2. The second kappa shape index (κ2) is 10.9. The van der Waals surface area contributed by atoms with Gasteiger partial charge in [0.1, 0.15) is 17.4 Å². The van der Waals surface area contributed by atoms with Crippen LogP contribution in [0.3, 0.4) is 0 Å². The van der Waals surface area contributed by atoms with Gasteiger partial charge in [0.25, 0.3) is 5.91 Å². The zero-order valence-electron chi connectivity index (χ0n) is 21.3. The van der Waals surface area contributed by atoms with Crippen molar-refractivity contribution in [2.45, 2.75) is 24.9 Å². The molecule has 0 aliphatic carbocycles. The van der Waals surface area contributed by atoms with Gasteiger partial charge in [-0.05, 0) is 43.0 Å². The van der Waals surface area contributed by atoms with Crippen molar-refractivity contribution in [2.24, 2.45) is 0 Å². The number of likely N-dealkylation sites (tertiary alicyclic amines) is 1. The summed E-state index contributed by atoms with van der Waals surface area (Å²) in [5.41, 5.74) is 6.13. The molecule has 4 aromatic rings. The molecule has 1 saturated heterocycles. The number of anilines is 1. The number of alkyl halides is 3. The van der Waals surface area contributed by atoms with Crippen LogP contribution in [0.15, 0.2) is 55.0 Å². The second-order valence-corrected chi connectivity index (χ2v) is 9.43. The molecule has 1 aliphatic heterocycles. The van der Waals surface area contributed by atoms with E-state index in [2.05, 4.69) is 37.4 Å². The van der Waals surface area contributed by atoms with Crippen molar-refractivity contribution in [1.82, 2.24) is 29.8 Å². The maximum Gasteiger partial charge on any atom is 0.418 e. The first-order valence-electron chi connectivity index (χ1n) is 12.6. The van der Waals surface area contributed by atoms with Crippen LogP contribution in [0.4, 0.5) is 19.0 Å². The number of fused-ring (bicyclic) bond motifs is 1. The Labute approximate surface area is 222 Å². The number of benzene rings is 1. The minimum Gasteiger partial charge on any atom is -0.480 e. The number of nitrogens with zero attached hydrogens (tertiary/aromatic N) is 5. The van der Waals surface area contributed by atoms with Crippen LogP contribution in [0.2, 0.25) is 0 Å². The third kappa shape index (κ3) is 5.51. The molecule has 1 atom stereocenters. The van der Waals surface area contributed by atoms with Gasteiger partial charge in [-0.15, -0.1) is 0 Å². The first kappa shape index (κ1) is 26.4. The Morgan fingerprint density at radius 2 is 2.00 bits per heavy atom. The molecule has 1 unspecified atom stereocenters. The summed E-state index contributed by atoms with van der Waals surface area (Å²) in [5, 5.41) is 6.86. The lowest BCUT2D eigenvalue weighted by atomic mass is 9.91. The zero-order valence-corrected chi connectivity index (χ0v) is 21.3. The standard InChI is InChI=1S/C27H28F3N7O2/c1-39-26-20(25(38)32-9-11-36-10-5-8-18(15-36)17-6-3-2-4-7-17)12-19(14-33-26)22-13-21(27(28,29)30)23-24(31)34-16-35-37(22)23/h2-4,6-7,12-14,16,18H,5,8-11,15H2,1H3,(H,32,38)(H2,31,34,35). The maximum atomic E-state index is 13.7. The molecule has 5 rings (SSSR count). The van der Waals surface area contributed by atoms with E-state index in [9.17, 15) is 18.0 Å². The lowest BCUT2D eigenvalue weighted by molar-refractivity contribution is -0.136. The number of nitrogen functional groups attached to an aromatic ring is 1. The Bertz CT molecular complexity index is 1470. The van der Waals surface area contributed by atoms with E-state index < -0.39 is 17.6 Å². The lowest BCUT2D eigenvalue weighted by Gasteiger charge is -2.33. The van der Waals surface area contributed by atoms with Crippen molar-refractivity contribution in [3.63, 3.8) is 0 Å². The van der Waals surface area contributed by atoms with Crippen LogP contribution < -0.4 is 15.8 Å². The number of amides is 1. The number of hydrogen-bond donors (Lipinski definition) is 2. The molecule has 204 valence electrons. The van der Waals surface area contributed by atoms with Crippen LogP contribution >= 0.6 is 0 Å². The van der Waals surface area contributed by atoms with Crippen LogP contribution in [-0.4, -0.2) is 63.7 Å². The van der Waals surface area contributed by atoms with E-state index in [0.29, 0.717) is 19.0 Å². The first-order chi connectivity index (χ1) is 18.8. The molecule has 0 radical (unpaired) electrons. The van der Waals surface area contributed by atoms with E-state index in [0.717, 1.165) is 42.8 Å². The molecule has 1 aliphatic rings. The second-order valence-electron chi connectivity index (χ2n) is 9.43. The molecule has 0 bridgehead atoms. The highest BCUT2D eigenvalue weighted by molar-refractivity contribution is 5.97. The number of halogens is 3. The molecule has 3 N–H and O–H groups in total. The van der Waals surface area contributed by atoms with Gasteiger partial charge in [-0.1, -0.05) is 30.3 Å². The minimum absolute atomic E-state index is 0.0596. The molecular weight excluding hydrogens is 511 g/mol. The predicted molar refractivity (Wildman–Crippen MR) is 139 cm³/mol. The molecule has 9 nitrogen and oxygen atoms in total. The molecule has 0 spiro atoms. The largest absolute Gasteiger partial charge is 0.480 e. The van der Waals surface area contributed by atoms with Crippen molar-refractivity contribution in [3.8, 4) is 17.1 Å². The highest BCUT2D eigenvalue weighted by atomic mass is 19.4. The topological polar surface area (TPSA) is 111 Å². The quantitative estimate of drug-likeness (QED) is 0.365. The van der Waals surface area contributed by atoms with Gasteiger partial charge >= 0.3 is 6.18 Å². The first-order valence-corrected chi connectivity index (χ1v) is 12.6. The summed E-state index contributed by atoms with van der Waals surface area (Å²) in [5.74, 6) is -0.239. The highest BCUT2D eigenvalue weighted by Crippen LogP contribution is 2.39. The molecule has 0 saturated carbocycles. The van der Waals surface area contributed by atoms with Gasteiger partial charge < -0.3 is 20.7 Å². The fourth-order valence-electron chi connectivity index (χ4n) is 5.09. The Morgan fingerprint density at radius 1 is 1.21 bits per heavy atom. The number of carbonyl (C=O) groups is 1. The average Bonchev–Trinajstić information content (AvgIpc) is 3.35. The summed E-state index contributed by atoms with van der Waals surface area (Å²) in [7, 11) is 1.37. The fourth-order valence-corrected chi connectivity index (χ4v) is 5.09. The number of methoxy groups -OCH3 is 1. The van der Waals surface area contributed by atoms with Gasteiger partial charge in [0.05, 0.1) is 18.4 Å². The molecule has 3 aromatic heterocycles. The van der Waals surface area contributed by atoms with E-state index in [-0.39, 0.29) is 34.0 Å². The SMILES string of the molecule is COc1ncc(-c2cc(C(F)(F)F)c3c(N)ncnn23)cc1C(=O)NCCN1CCCC(c2ccccc2)C1. The van der Waals surface area contributed by atoms with Gasteiger partial charge in [0.15, 0.2) is 5.82 Å². The summed E-state index contributed by atoms with van der Waals surface area (Å²) >= 11 is 0. The van der Waals surface area contributed by atoms with E-state index in [1.54, 1.807) is 0 Å². The van der Waals surface area contributed by atoms with Crippen molar-refractivity contribution in [1.29, 1.82) is 0 Å². The van der Waals surface area contributed by atoms with E-state index in [1.165, 1.54) is 24.9 Å². The smallest absolute Gasteiger partial charge is 0.418 e. The van der Waals surface area contributed by atoms with Crippen LogP contribution in [0.1, 0.15) is 40.2 Å². The number of nitrogens with two attached hydrogens (primary N) is 1. The zero-order chi connectivity index (χ0) is 27.6. The van der Waals surface area contributed by atoms with Crippen molar-refractivity contribution in [2.75, 3.05) is 39.0 Å². The Balaban J connectivity index is 1.33. The number of ether oxygens (including phenoxy) is 1. The van der Waals surface area contributed by atoms with Gasteiger partial charge in [-0.3, -0.25) is 4.79 Å². The summed E-state index contributed by atoms with van der Waals surface area (Å²) < 4.78 is 47.5. The lowest BCUT2D eigenvalue weighted by Crippen LogP contribution is -2.40. The number of aromatic nitrogens is 4. The van der Waals surface area contributed by atoms with Gasteiger partial charge in [-0.25, -0.2) is 14.5 Å². The van der Waals surface area contributed by atoms with E-state index in [4.69, 9.17) is 10.5 Å². The monoisotopic (exact) mass is 539 g/mol. The van der Waals surface area contributed by atoms with Crippen LogP contribution in [0, 0.1) is 0 Å². The Hall–Kier alpha value is -4.19. The highest BCUT2D eigenvalue weighted by Gasteiger charge is 2.36. The maximum absolute atomic E-state index is 13.7.